The number of hydrogen-bond donors (Lipinski definition) is 0. The molecule has 0 saturated heterocycles. The predicted molar refractivity (Wildman–Crippen MR) is 61.8 cm³/mol. The maximum absolute atomic E-state index is 5.67. The van der Waals surface area contributed by atoms with Crippen molar-refractivity contribution in [3.05, 3.63) is 42.0 Å². The zero-order chi connectivity index (χ0) is 10.8. The monoisotopic (exact) mass is 198 g/mol. The minimum absolute atomic E-state index is 0.104. The fourth-order valence-corrected chi connectivity index (χ4v) is 1.99. The average molecular weight is 198 g/mol. The topological polar surface area (TPSA) is 9.23 Å². The molecule has 0 radical (unpaired) electrons. The molecule has 0 fully saturated rings. The van der Waals surface area contributed by atoms with Crippen LogP contribution in [0.2, 0.25) is 0 Å². The zero-order valence-corrected chi connectivity index (χ0v) is 8.86. The summed E-state index contributed by atoms with van der Waals surface area (Å²) in [6.07, 6.45) is 5.60. The molecule has 1 heterocycles. The molecule has 0 saturated carbocycles. The Bertz CT molecular complexity index is 425. The molecule has 0 amide bonds. The Kier molecular flexibility index (Phi) is 2.51. The van der Waals surface area contributed by atoms with Gasteiger partial charge in [0.05, 0.1) is 12.5 Å². The largest absolute Gasteiger partial charge is 0.493 e. The van der Waals surface area contributed by atoms with Crippen LogP contribution in [-0.4, -0.2) is 6.61 Å². The van der Waals surface area contributed by atoms with Gasteiger partial charge < -0.3 is 4.74 Å². The maximum Gasteiger partial charge on any atom is 0.123 e. The van der Waals surface area contributed by atoms with Crippen LogP contribution in [0.5, 0.6) is 5.75 Å². The summed E-state index contributed by atoms with van der Waals surface area (Å²) >= 11 is 0. The average Bonchev–Trinajstić information content (AvgIpc) is 2.27. The molecule has 1 aromatic rings. The second-order valence-electron chi connectivity index (χ2n) is 3.95. The zero-order valence-electron chi connectivity index (χ0n) is 8.86. The molecule has 1 aliphatic heterocycles. The summed E-state index contributed by atoms with van der Waals surface area (Å²) in [5.41, 5.74) is 2.20. The number of fused-ring (bicyclic) bond motifs is 1. The van der Waals surface area contributed by atoms with Crippen molar-refractivity contribution in [2.75, 3.05) is 6.61 Å². The highest BCUT2D eigenvalue weighted by Gasteiger charge is 2.29. The normalized spacial score (nSPS) is 23.5. The summed E-state index contributed by atoms with van der Waals surface area (Å²) in [4.78, 5) is 0. The third kappa shape index (κ3) is 1.64. The van der Waals surface area contributed by atoms with Crippen molar-refractivity contribution in [2.24, 2.45) is 5.92 Å². The summed E-state index contributed by atoms with van der Waals surface area (Å²) in [6, 6.07) is 7.96. The summed E-state index contributed by atoms with van der Waals surface area (Å²) in [7, 11) is 0. The van der Waals surface area contributed by atoms with Crippen LogP contribution in [0.15, 0.2) is 36.4 Å². The highest BCUT2D eigenvalue weighted by Crippen LogP contribution is 2.38. The number of hydrogen-bond acceptors (Lipinski definition) is 1. The Morgan fingerprint density at radius 2 is 2.27 bits per heavy atom. The highest BCUT2D eigenvalue weighted by atomic mass is 16.5. The first kappa shape index (κ1) is 9.86. The van der Waals surface area contributed by atoms with Crippen LogP contribution >= 0.6 is 0 Å². The van der Waals surface area contributed by atoms with Gasteiger partial charge in [0.1, 0.15) is 5.75 Å². The molecule has 0 N–H and O–H groups in total. The van der Waals surface area contributed by atoms with Crippen LogP contribution in [0.1, 0.15) is 18.4 Å². The van der Waals surface area contributed by atoms with Gasteiger partial charge in [0.25, 0.3) is 0 Å². The SMILES string of the molecule is C#C[C@@H]1c2ccccc2OC[C@H]1C(=C)C. The Morgan fingerprint density at radius 3 is 2.93 bits per heavy atom. The lowest BCUT2D eigenvalue weighted by molar-refractivity contribution is 0.233. The molecular weight excluding hydrogens is 184 g/mol. The van der Waals surface area contributed by atoms with Crippen molar-refractivity contribution in [3.63, 3.8) is 0 Å². The molecule has 76 valence electrons. The van der Waals surface area contributed by atoms with Crippen molar-refractivity contribution in [1.82, 2.24) is 0 Å². The maximum atomic E-state index is 5.67. The molecule has 1 aliphatic rings. The smallest absolute Gasteiger partial charge is 0.123 e. The van der Waals surface area contributed by atoms with E-state index >= 15 is 0 Å². The first-order chi connectivity index (χ1) is 7.24. The van der Waals surface area contributed by atoms with Gasteiger partial charge in [-0.2, -0.15) is 0 Å². The summed E-state index contributed by atoms with van der Waals surface area (Å²) in [6.45, 7) is 6.62. The van der Waals surface area contributed by atoms with E-state index in [1.807, 2.05) is 31.2 Å². The quantitative estimate of drug-likeness (QED) is 0.498. The molecule has 0 spiro atoms. The molecule has 2 rings (SSSR count). The van der Waals surface area contributed by atoms with Crippen molar-refractivity contribution < 1.29 is 4.74 Å². The van der Waals surface area contributed by atoms with Gasteiger partial charge in [-0.3, -0.25) is 0 Å². The van der Waals surface area contributed by atoms with Crippen molar-refractivity contribution >= 4 is 0 Å². The molecule has 2 atom stereocenters. The van der Waals surface area contributed by atoms with E-state index in [1.54, 1.807) is 0 Å². The summed E-state index contributed by atoms with van der Waals surface area (Å²) < 4.78 is 5.67. The molecule has 0 aromatic heterocycles. The Labute approximate surface area is 90.8 Å². The van der Waals surface area contributed by atoms with E-state index in [4.69, 9.17) is 11.2 Å². The number of terminal acetylenes is 1. The first-order valence-electron chi connectivity index (χ1n) is 5.07. The van der Waals surface area contributed by atoms with E-state index in [0.29, 0.717) is 6.61 Å². The van der Waals surface area contributed by atoms with Gasteiger partial charge in [0.15, 0.2) is 0 Å². The number of ether oxygens (including phenoxy) is 1. The first-order valence-corrected chi connectivity index (χ1v) is 5.07. The molecule has 15 heavy (non-hydrogen) atoms. The fraction of sp³-hybridized carbons (Fsp3) is 0.286. The van der Waals surface area contributed by atoms with Gasteiger partial charge in [-0.15, -0.1) is 6.42 Å². The third-order valence-electron chi connectivity index (χ3n) is 2.89. The lowest BCUT2D eigenvalue weighted by atomic mass is 9.81. The van der Waals surface area contributed by atoms with E-state index in [1.165, 1.54) is 0 Å². The van der Waals surface area contributed by atoms with Crippen LogP contribution in [0.3, 0.4) is 0 Å². The molecule has 0 unspecified atom stereocenters. The van der Waals surface area contributed by atoms with Crippen molar-refractivity contribution in [1.29, 1.82) is 0 Å². The van der Waals surface area contributed by atoms with Crippen LogP contribution in [0.25, 0.3) is 0 Å². The van der Waals surface area contributed by atoms with E-state index in [-0.39, 0.29) is 11.8 Å². The molecule has 1 nitrogen and oxygen atoms in total. The Morgan fingerprint density at radius 1 is 1.53 bits per heavy atom. The molecule has 1 heteroatoms. The molecular formula is C14H14O. The predicted octanol–water partition coefficient (Wildman–Crippen LogP) is 2.99. The van der Waals surface area contributed by atoms with Crippen LogP contribution < -0.4 is 4.74 Å². The van der Waals surface area contributed by atoms with E-state index in [0.717, 1.165) is 16.9 Å². The van der Waals surface area contributed by atoms with Crippen molar-refractivity contribution in [3.8, 4) is 18.1 Å². The van der Waals surface area contributed by atoms with E-state index in [9.17, 15) is 0 Å². The van der Waals surface area contributed by atoms with E-state index in [2.05, 4.69) is 12.5 Å². The van der Waals surface area contributed by atoms with Crippen molar-refractivity contribution in [2.45, 2.75) is 12.8 Å². The second-order valence-corrected chi connectivity index (χ2v) is 3.95. The van der Waals surface area contributed by atoms with Gasteiger partial charge in [0, 0.05) is 11.5 Å². The Balaban J connectivity index is 2.44. The third-order valence-corrected chi connectivity index (χ3v) is 2.89. The highest BCUT2D eigenvalue weighted by molar-refractivity contribution is 5.43. The number of benzene rings is 1. The van der Waals surface area contributed by atoms with Gasteiger partial charge >= 0.3 is 0 Å². The van der Waals surface area contributed by atoms with Gasteiger partial charge in [-0.05, 0) is 13.0 Å². The number of para-hydroxylation sites is 1. The minimum Gasteiger partial charge on any atom is -0.493 e. The van der Waals surface area contributed by atoms with Gasteiger partial charge in [-0.25, -0.2) is 0 Å². The molecule has 0 bridgehead atoms. The lowest BCUT2D eigenvalue weighted by Gasteiger charge is -2.30. The fourth-order valence-electron chi connectivity index (χ4n) is 1.99. The summed E-state index contributed by atoms with van der Waals surface area (Å²) in [5.74, 6) is 4.11. The summed E-state index contributed by atoms with van der Waals surface area (Å²) in [5, 5.41) is 0. The van der Waals surface area contributed by atoms with Crippen LogP contribution in [0.4, 0.5) is 0 Å². The van der Waals surface area contributed by atoms with Gasteiger partial charge in [-0.1, -0.05) is 36.3 Å². The molecule has 1 aromatic carbocycles. The van der Waals surface area contributed by atoms with Crippen LogP contribution in [-0.2, 0) is 0 Å². The standard InChI is InChI=1S/C14H14O/c1-4-11-12-7-5-6-8-14(12)15-9-13(11)10(2)3/h1,5-8,11,13H,2,9H2,3H3/t11-,13+/m1/s1. The number of rotatable bonds is 1. The minimum atomic E-state index is 0.104. The van der Waals surface area contributed by atoms with Gasteiger partial charge in [0.2, 0.25) is 0 Å². The second kappa shape index (κ2) is 3.82. The lowest BCUT2D eigenvalue weighted by Crippen LogP contribution is -2.25. The van der Waals surface area contributed by atoms with Crippen LogP contribution in [0, 0.1) is 18.3 Å². The van der Waals surface area contributed by atoms with E-state index < -0.39 is 0 Å². The molecule has 0 aliphatic carbocycles. The Hall–Kier alpha value is -1.68.